The molecule has 1 heterocycles. The predicted octanol–water partition coefficient (Wildman–Crippen LogP) is 3.86. The minimum Gasteiger partial charge on any atom is -0.481 e. The summed E-state index contributed by atoms with van der Waals surface area (Å²) in [6, 6.07) is 0. The number of hydrogen-bond donors (Lipinski definition) is 4. The molecule has 0 saturated carbocycles. The maximum absolute atomic E-state index is 12.9. The zero-order valence-corrected chi connectivity index (χ0v) is 51.0. The molecule has 0 aliphatic carbocycles. The lowest BCUT2D eigenvalue weighted by Gasteiger charge is -2.25. The molecule has 0 radical (unpaired) electrons. The fraction of sp³-hybridized carbons (Fsp3) is 0.559. The van der Waals surface area contributed by atoms with Crippen LogP contribution in [-0.2, 0) is 119 Å². The molecular weight excluding hydrogens is 1170 g/mol. The molecule has 492 valence electrons. The largest absolute Gasteiger partial charge is 0.481 e. The van der Waals surface area contributed by atoms with Gasteiger partial charge in [-0.15, -0.1) is 0 Å². The number of aliphatic carboxylic acids is 2. The van der Waals surface area contributed by atoms with Crippen molar-refractivity contribution in [1.82, 2.24) is 0 Å². The van der Waals surface area contributed by atoms with Crippen molar-refractivity contribution < 1.29 is 140 Å². The van der Waals surface area contributed by atoms with E-state index in [1.54, 1.807) is 0 Å². The van der Waals surface area contributed by atoms with E-state index in [1.807, 2.05) is 0 Å². The highest BCUT2D eigenvalue weighted by Crippen LogP contribution is 2.28. The molecule has 0 aromatic rings. The minimum absolute atomic E-state index is 0.00686. The first kappa shape index (κ1) is 81.2. The van der Waals surface area contributed by atoms with Crippen molar-refractivity contribution in [1.29, 1.82) is 0 Å². The minimum atomic E-state index is -1.38. The van der Waals surface area contributed by atoms with Crippen LogP contribution in [0.1, 0.15) is 126 Å². The summed E-state index contributed by atoms with van der Waals surface area (Å²) in [6.07, 6.45) is -4.99. The fourth-order valence-electron chi connectivity index (χ4n) is 6.00. The zero-order chi connectivity index (χ0) is 68.1. The SMILES string of the molecule is C=C(C)C(=O)OCC(COC(=O)C(=C)CC(C)(C)C(=O)OCC(COC(=O)C(=C)C)OC(=O)CCCC(=O)O)OC(=O)CCCC(=O)O.C=C(C)C(=O)OCC(O)COC(=O)C(=C)CC(C)(C)C(=O)OCC(O)COC(=O)C(=C)C.O=C1CCCC(=O)O1. The predicted molar refractivity (Wildman–Crippen MR) is 302 cm³/mol. The van der Waals surface area contributed by atoms with Crippen molar-refractivity contribution in [3.8, 4) is 0 Å². The first-order chi connectivity index (χ1) is 40.7. The maximum Gasteiger partial charge on any atom is 0.333 e. The van der Waals surface area contributed by atoms with Gasteiger partial charge in [-0.05, 0) is 87.5 Å². The van der Waals surface area contributed by atoms with Gasteiger partial charge in [-0.2, -0.15) is 0 Å². The molecule has 4 unspecified atom stereocenters. The Balaban J connectivity index is 0. The number of esters is 12. The van der Waals surface area contributed by atoms with E-state index in [9.17, 15) is 77.3 Å². The van der Waals surface area contributed by atoms with Crippen molar-refractivity contribution in [2.24, 2.45) is 10.8 Å². The number of carbonyl (C=O) groups excluding carboxylic acids is 12. The summed E-state index contributed by atoms with van der Waals surface area (Å²) in [5.74, 6) is -10.9. The Morgan fingerprint density at radius 3 is 0.977 bits per heavy atom. The van der Waals surface area contributed by atoms with Crippen LogP contribution >= 0.6 is 0 Å². The van der Waals surface area contributed by atoms with Gasteiger partial charge in [0.25, 0.3) is 0 Å². The second-order valence-corrected chi connectivity index (χ2v) is 21.0. The van der Waals surface area contributed by atoms with Crippen molar-refractivity contribution in [2.75, 3.05) is 52.9 Å². The fourth-order valence-corrected chi connectivity index (χ4v) is 6.00. The Morgan fingerprint density at radius 2 is 0.693 bits per heavy atom. The molecule has 4 atom stereocenters. The lowest BCUT2D eigenvalue weighted by atomic mass is 9.86. The van der Waals surface area contributed by atoms with Gasteiger partial charge in [0, 0.05) is 72.0 Å². The number of carboxylic acid groups (broad SMARTS) is 2. The molecule has 0 bridgehead atoms. The van der Waals surface area contributed by atoms with E-state index in [0.717, 1.165) is 0 Å². The second-order valence-electron chi connectivity index (χ2n) is 21.0. The molecule has 0 spiro atoms. The summed E-state index contributed by atoms with van der Waals surface area (Å²) in [7, 11) is 0. The molecule has 29 heteroatoms. The van der Waals surface area contributed by atoms with Gasteiger partial charge < -0.3 is 72.5 Å². The standard InChI is InChI=1S/C32H44O16.C22H32O10.C5H6O3/c1-19(2)28(39)43-15-22(47-26(37)12-8-10-24(33)34)17-45-30(41)21(5)14-32(6,7)31(42)46-18-23(16-44-29(40)20(3)4)48-27(38)13-9-11-25(35)36;1-13(2)18(25)29-9-16(23)11-31-20(27)15(5)8-22(6,7)21(28)32-12-17(24)10-30-19(26)14(3)4;6-4-2-1-3-5(7)8-4/h22-23H,1,3,5,8-18H2,2,4,6-7H3,(H,33,34)(H,35,36);16-17,23-24H,1,3,5,8-12H2,2,4,6-7H3;1-3H2. The molecule has 1 aliphatic rings. The van der Waals surface area contributed by atoms with Gasteiger partial charge in [-0.3, -0.25) is 38.4 Å². The van der Waals surface area contributed by atoms with Gasteiger partial charge in [-0.25, -0.2) is 28.8 Å². The molecule has 1 saturated heterocycles. The number of aliphatic hydroxyl groups excluding tert-OH is 2. The van der Waals surface area contributed by atoms with Gasteiger partial charge in [0.15, 0.2) is 12.2 Å². The van der Waals surface area contributed by atoms with Gasteiger partial charge in [0.05, 0.1) is 10.8 Å². The van der Waals surface area contributed by atoms with Crippen LogP contribution in [0, 0.1) is 10.8 Å². The number of carbonyl (C=O) groups is 14. The van der Waals surface area contributed by atoms with E-state index in [4.69, 9.17) is 57.6 Å². The van der Waals surface area contributed by atoms with E-state index < -0.39 is 147 Å². The van der Waals surface area contributed by atoms with Crippen LogP contribution in [0.4, 0.5) is 0 Å². The van der Waals surface area contributed by atoms with E-state index in [0.29, 0.717) is 19.3 Å². The normalized spacial score (nSPS) is 13.0. The molecule has 29 nitrogen and oxygen atoms in total. The number of cyclic esters (lactones) is 2. The van der Waals surface area contributed by atoms with Crippen LogP contribution in [0.15, 0.2) is 72.9 Å². The Kier molecular flexibility index (Phi) is 38.8. The van der Waals surface area contributed by atoms with Crippen LogP contribution in [0.3, 0.4) is 0 Å². The maximum atomic E-state index is 12.9. The Bertz CT molecular complexity index is 2570. The van der Waals surface area contributed by atoms with Gasteiger partial charge >= 0.3 is 83.6 Å². The van der Waals surface area contributed by atoms with Gasteiger partial charge in [0.2, 0.25) is 0 Å². The smallest absolute Gasteiger partial charge is 0.333 e. The summed E-state index contributed by atoms with van der Waals surface area (Å²) in [6.45, 7) is 28.7. The van der Waals surface area contributed by atoms with Gasteiger partial charge in [0.1, 0.15) is 65.1 Å². The molecular formula is C59H82O29. The number of carboxylic acids is 2. The molecule has 1 aliphatic heterocycles. The third-order valence-electron chi connectivity index (χ3n) is 10.7. The summed E-state index contributed by atoms with van der Waals surface area (Å²) < 4.78 is 54.4. The molecule has 1 rings (SSSR count). The highest BCUT2D eigenvalue weighted by Gasteiger charge is 2.35. The molecule has 0 aromatic heterocycles. The van der Waals surface area contributed by atoms with Crippen molar-refractivity contribution >= 4 is 83.6 Å². The lowest BCUT2D eigenvalue weighted by Crippen LogP contribution is -2.35. The highest BCUT2D eigenvalue weighted by molar-refractivity contribution is 5.91. The van der Waals surface area contributed by atoms with Crippen LogP contribution < -0.4 is 0 Å². The molecule has 0 aromatic carbocycles. The highest BCUT2D eigenvalue weighted by atomic mass is 16.6. The molecule has 1 fully saturated rings. The van der Waals surface area contributed by atoms with Crippen LogP contribution in [0.5, 0.6) is 0 Å². The Hall–Kier alpha value is -8.86. The average Bonchev–Trinajstić information content (AvgIpc) is 3.41. The van der Waals surface area contributed by atoms with E-state index >= 15 is 0 Å². The average molecular weight is 1260 g/mol. The Morgan fingerprint density at radius 1 is 0.432 bits per heavy atom. The van der Waals surface area contributed by atoms with E-state index in [2.05, 4.69) is 44.2 Å². The van der Waals surface area contributed by atoms with Crippen LogP contribution in [0.2, 0.25) is 0 Å². The van der Waals surface area contributed by atoms with Gasteiger partial charge in [-0.1, -0.05) is 39.5 Å². The summed E-state index contributed by atoms with van der Waals surface area (Å²) in [5, 5.41) is 37.0. The third-order valence-corrected chi connectivity index (χ3v) is 10.7. The molecule has 88 heavy (non-hydrogen) atoms. The first-order valence-electron chi connectivity index (χ1n) is 27.0. The first-order valence-corrected chi connectivity index (χ1v) is 27.0. The summed E-state index contributed by atoms with van der Waals surface area (Å²) in [5.41, 5.74) is -2.33. The van der Waals surface area contributed by atoms with Crippen molar-refractivity contribution in [2.45, 2.75) is 150 Å². The van der Waals surface area contributed by atoms with E-state index in [-0.39, 0.29) is 110 Å². The zero-order valence-electron chi connectivity index (χ0n) is 51.0. The molecule has 4 N–H and O–H groups in total. The number of rotatable bonds is 38. The van der Waals surface area contributed by atoms with Crippen LogP contribution in [-0.4, -0.2) is 181 Å². The third kappa shape index (κ3) is 39.0. The Labute approximate surface area is 508 Å². The summed E-state index contributed by atoms with van der Waals surface area (Å²) >= 11 is 0. The van der Waals surface area contributed by atoms with Crippen molar-refractivity contribution in [3.05, 3.63) is 72.9 Å². The van der Waals surface area contributed by atoms with Crippen LogP contribution in [0.25, 0.3) is 0 Å². The molecule has 0 amide bonds. The monoisotopic (exact) mass is 1250 g/mol. The number of aliphatic hydroxyl groups is 2. The lowest BCUT2D eigenvalue weighted by molar-refractivity contribution is -0.170. The summed E-state index contributed by atoms with van der Waals surface area (Å²) in [4.78, 5) is 162. The van der Waals surface area contributed by atoms with Crippen molar-refractivity contribution in [3.63, 3.8) is 0 Å². The quantitative estimate of drug-likeness (QED) is 0.0295. The number of hydrogen-bond acceptors (Lipinski definition) is 27. The topological polar surface area (TPSA) is 421 Å². The van der Waals surface area contributed by atoms with E-state index in [1.165, 1.54) is 55.4 Å². The number of ether oxygens (including phenoxy) is 11. The second kappa shape index (κ2) is 42.1.